The number of nitrogens with one attached hydrogen (secondary N) is 1. The Balaban J connectivity index is 1.43. The van der Waals surface area contributed by atoms with Crippen LogP contribution in [0.15, 0.2) is 12.7 Å². The first-order valence-corrected chi connectivity index (χ1v) is 10.1. The summed E-state index contributed by atoms with van der Waals surface area (Å²) in [5.41, 5.74) is 1.33. The molecule has 158 valence electrons. The maximum Gasteiger partial charge on any atom is 0.167 e. The minimum absolute atomic E-state index is 0.145. The summed E-state index contributed by atoms with van der Waals surface area (Å²) < 4.78 is 25.4. The third kappa shape index (κ3) is 3.28. The van der Waals surface area contributed by atoms with Gasteiger partial charge in [0.2, 0.25) is 0 Å². The van der Waals surface area contributed by atoms with E-state index in [1.165, 1.54) is 6.33 Å². The Kier molecular flexibility index (Phi) is 4.71. The van der Waals surface area contributed by atoms with Gasteiger partial charge in [-0.25, -0.2) is 15.0 Å². The van der Waals surface area contributed by atoms with Crippen LogP contribution in [0.2, 0.25) is 0 Å². The summed E-state index contributed by atoms with van der Waals surface area (Å²) in [4.78, 5) is 13.4. The zero-order valence-electron chi connectivity index (χ0n) is 16.8. The number of hydrogen-bond donors (Lipinski definition) is 2. The summed E-state index contributed by atoms with van der Waals surface area (Å²) in [5.74, 6) is -0.0314. The number of nitrogens with zero attached hydrogens (tertiary/aromatic N) is 4. The predicted molar refractivity (Wildman–Crippen MR) is 102 cm³/mol. The second kappa shape index (κ2) is 7.13. The zero-order chi connectivity index (χ0) is 20.2. The SMILES string of the molecule is COC1CCC(Nc2ncnc3c2ncn3[C@@H]2O[C@H](CO)[C@H]3OC(C)(C)O[C@H]32)C1. The van der Waals surface area contributed by atoms with Gasteiger partial charge in [-0.1, -0.05) is 0 Å². The summed E-state index contributed by atoms with van der Waals surface area (Å²) in [6.45, 7) is 3.58. The van der Waals surface area contributed by atoms with Crippen LogP contribution in [0.3, 0.4) is 0 Å². The molecule has 5 rings (SSSR count). The van der Waals surface area contributed by atoms with E-state index in [9.17, 15) is 5.11 Å². The maximum atomic E-state index is 9.73. The average Bonchev–Trinajstić information content (AvgIpc) is 3.44. The monoisotopic (exact) mass is 405 g/mol. The van der Waals surface area contributed by atoms with Crippen LogP contribution in [0.25, 0.3) is 11.2 Å². The van der Waals surface area contributed by atoms with Crippen molar-refractivity contribution in [1.29, 1.82) is 0 Å². The molecule has 3 aliphatic rings. The van der Waals surface area contributed by atoms with Gasteiger partial charge >= 0.3 is 0 Å². The molecule has 2 saturated heterocycles. The average molecular weight is 405 g/mol. The van der Waals surface area contributed by atoms with Crippen molar-refractivity contribution in [1.82, 2.24) is 19.5 Å². The third-order valence-electron chi connectivity index (χ3n) is 6.00. The van der Waals surface area contributed by atoms with Gasteiger partial charge in [-0.15, -0.1) is 0 Å². The lowest BCUT2D eigenvalue weighted by Gasteiger charge is -2.24. The topological polar surface area (TPSA) is 113 Å². The summed E-state index contributed by atoms with van der Waals surface area (Å²) >= 11 is 0. The molecule has 6 atom stereocenters. The molecular weight excluding hydrogens is 378 g/mol. The normalized spacial score (nSPS) is 36.0. The third-order valence-corrected chi connectivity index (χ3v) is 6.00. The molecule has 1 saturated carbocycles. The molecule has 0 aromatic carbocycles. The molecule has 29 heavy (non-hydrogen) atoms. The molecule has 2 N–H and O–H groups in total. The fourth-order valence-corrected chi connectivity index (χ4v) is 4.65. The van der Waals surface area contributed by atoms with Crippen molar-refractivity contribution in [2.45, 2.75) is 75.6 Å². The number of anilines is 1. The van der Waals surface area contributed by atoms with Crippen LogP contribution in [0.1, 0.15) is 39.3 Å². The minimum Gasteiger partial charge on any atom is -0.394 e. The molecule has 1 aliphatic carbocycles. The van der Waals surface area contributed by atoms with Crippen LogP contribution < -0.4 is 5.32 Å². The number of aromatic nitrogens is 4. The van der Waals surface area contributed by atoms with Crippen LogP contribution in [0.5, 0.6) is 0 Å². The Morgan fingerprint density at radius 1 is 1.24 bits per heavy atom. The molecule has 2 aromatic heterocycles. The molecule has 10 nitrogen and oxygen atoms in total. The lowest BCUT2D eigenvalue weighted by molar-refractivity contribution is -0.199. The van der Waals surface area contributed by atoms with Crippen molar-refractivity contribution < 1.29 is 24.1 Å². The van der Waals surface area contributed by atoms with Gasteiger partial charge < -0.3 is 29.4 Å². The first kappa shape index (κ1) is 19.1. The number of fused-ring (bicyclic) bond motifs is 2. The highest BCUT2D eigenvalue weighted by atomic mass is 16.8. The van der Waals surface area contributed by atoms with Crippen LogP contribution in [-0.2, 0) is 18.9 Å². The van der Waals surface area contributed by atoms with Gasteiger partial charge in [-0.3, -0.25) is 4.57 Å². The van der Waals surface area contributed by atoms with Crippen molar-refractivity contribution >= 4 is 17.0 Å². The zero-order valence-corrected chi connectivity index (χ0v) is 16.8. The summed E-state index contributed by atoms with van der Waals surface area (Å²) in [6.07, 6.45) is 4.84. The van der Waals surface area contributed by atoms with E-state index in [4.69, 9.17) is 18.9 Å². The molecule has 0 radical (unpaired) electrons. The number of aliphatic hydroxyl groups is 1. The number of methoxy groups -OCH3 is 1. The molecule has 4 heterocycles. The Morgan fingerprint density at radius 3 is 2.83 bits per heavy atom. The first-order valence-electron chi connectivity index (χ1n) is 10.1. The molecule has 2 aromatic rings. The molecule has 0 bridgehead atoms. The Labute approximate surface area is 168 Å². The van der Waals surface area contributed by atoms with Gasteiger partial charge in [-0.05, 0) is 33.1 Å². The van der Waals surface area contributed by atoms with Crippen LogP contribution >= 0.6 is 0 Å². The highest BCUT2D eigenvalue weighted by Crippen LogP contribution is 2.43. The van der Waals surface area contributed by atoms with Crippen molar-refractivity contribution in [2.75, 3.05) is 19.0 Å². The number of hydrogen-bond acceptors (Lipinski definition) is 9. The molecule has 2 aliphatic heterocycles. The number of ether oxygens (including phenoxy) is 4. The van der Waals surface area contributed by atoms with E-state index in [0.717, 1.165) is 19.3 Å². The fraction of sp³-hybridized carbons (Fsp3) is 0.737. The lowest BCUT2D eigenvalue weighted by Crippen LogP contribution is -2.31. The largest absolute Gasteiger partial charge is 0.394 e. The van der Waals surface area contributed by atoms with E-state index in [0.29, 0.717) is 23.0 Å². The second-order valence-electron chi connectivity index (χ2n) is 8.37. The highest BCUT2D eigenvalue weighted by Gasteiger charge is 2.56. The minimum atomic E-state index is -0.733. The summed E-state index contributed by atoms with van der Waals surface area (Å²) in [5, 5.41) is 13.2. The van der Waals surface area contributed by atoms with Crippen LogP contribution in [-0.4, -0.2) is 74.6 Å². The smallest absolute Gasteiger partial charge is 0.167 e. The molecule has 2 unspecified atom stereocenters. The van der Waals surface area contributed by atoms with Crippen molar-refractivity contribution in [3.05, 3.63) is 12.7 Å². The Bertz CT molecular complexity index is 889. The first-order chi connectivity index (χ1) is 14.0. The van der Waals surface area contributed by atoms with Crippen molar-refractivity contribution in [3.8, 4) is 0 Å². The number of imidazole rings is 1. The van der Waals surface area contributed by atoms with Crippen LogP contribution in [0.4, 0.5) is 5.82 Å². The second-order valence-corrected chi connectivity index (χ2v) is 8.37. The van der Waals surface area contributed by atoms with Gasteiger partial charge in [0.25, 0.3) is 0 Å². The molecule has 0 spiro atoms. The molecule has 10 heteroatoms. The van der Waals surface area contributed by atoms with E-state index >= 15 is 0 Å². The van der Waals surface area contributed by atoms with Crippen molar-refractivity contribution in [3.63, 3.8) is 0 Å². The summed E-state index contributed by atoms with van der Waals surface area (Å²) in [7, 11) is 1.75. The van der Waals surface area contributed by atoms with Gasteiger partial charge in [0.15, 0.2) is 29.0 Å². The predicted octanol–water partition coefficient (Wildman–Crippen LogP) is 1.22. The van der Waals surface area contributed by atoms with E-state index in [-0.39, 0.29) is 24.9 Å². The molecular formula is C19H27N5O5. The van der Waals surface area contributed by atoms with Crippen LogP contribution in [0, 0.1) is 0 Å². The maximum absolute atomic E-state index is 9.73. The highest BCUT2D eigenvalue weighted by molar-refractivity contribution is 5.82. The number of rotatable bonds is 5. The van der Waals surface area contributed by atoms with E-state index in [1.54, 1.807) is 13.4 Å². The fourth-order valence-electron chi connectivity index (χ4n) is 4.65. The van der Waals surface area contributed by atoms with E-state index < -0.39 is 18.1 Å². The van der Waals surface area contributed by atoms with E-state index in [1.807, 2.05) is 18.4 Å². The quantitative estimate of drug-likeness (QED) is 0.758. The molecule has 0 amide bonds. The van der Waals surface area contributed by atoms with Gasteiger partial charge in [0.1, 0.15) is 24.6 Å². The van der Waals surface area contributed by atoms with Gasteiger partial charge in [-0.2, -0.15) is 0 Å². The van der Waals surface area contributed by atoms with Gasteiger partial charge in [0, 0.05) is 13.2 Å². The molecule has 3 fully saturated rings. The number of aliphatic hydroxyl groups excluding tert-OH is 1. The Hall–Kier alpha value is -1.85. The van der Waals surface area contributed by atoms with E-state index in [2.05, 4.69) is 20.3 Å². The Morgan fingerprint density at radius 2 is 2.07 bits per heavy atom. The van der Waals surface area contributed by atoms with Gasteiger partial charge in [0.05, 0.1) is 19.0 Å². The summed E-state index contributed by atoms with van der Waals surface area (Å²) in [6, 6.07) is 0.293. The lowest BCUT2D eigenvalue weighted by atomic mass is 10.1. The standard InChI is InChI=1S/C19H27N5O5/c1-19(2)28-14-12(7-25)27-18(15(14)29-19)24-9-22-13-16(20-8-21-17(13)24)23-10-4-5-11(6-10)26-3/h8-12,14-15,18,25H,4-7H2,1-3H3,(H,20,21,23)/t10?,11?,12-,14-,15-,18-/m1/s1. The van der Waals surface area contributed by atoms with Crippen molar-refractivity contribution in [2.24, 2.45) is 0 Å².